The second-order valence-corrected chi connectivity index (χ2v) is 7.50. The summed E-state index contributed by atoms with van der Waals surface area (Å²) in [5.74, 6) is 0.667. The van der Waals surface area contributed by atoms with Gasteiger partial charge in [-0.2, -0.15) is 0 Å². The zero-order valence-electron chi connectivity index (χ0n) is 10.8. The summed E-state index contributed by atoms with van der Waals surface area (Å²) in [5.41, 5.74) is 0. The van der Waals surface area contributed by atoms with Crippen molar-refractivity contribution < 1.29 is 4.79 Å². The molecule has 21 heavy (non-hydrogen) atoms. The average molecular weight is 360 g/mol. The van der Waals surface area contributed by atoms with Gasteiger partial charge in [-0.1, -0.05) is 34.5 Å². The maximum atomic E-state index is 11.9. The molecule has 0 aliphatic heterocycles. The lowest BCUT2D eigenvalue weighted by Crippen LogP contribution is -2.13. The molecule has 0 bridgehead atoms. The Balaban J connectivity index is 1.54. The summed E-state index contributed by atoms with van der Waals surface area (Å²) in [4.78, 5) is 12.7. The van der Waals surface area contributed by atoms with Gasteiger partial charge in [-0.25, -0.2) is 0 Å². The SMILES string of the molecule is O=C(CSc1cc(Cl)ccc1Cl)Nc1nnc(C2CC2)s1. The summed E-state index contributed by atoms with van der Waals surface area (Å²) in [6.07, 6.45) is 2.34. The molecule has 1 N–H and O–H groups in total. The lowest BCUT2D eigenvalue weighted by atomic mass is 10.4. The second-order valence-electron chi connectivity index (χ2n) is 4.63. The van der Waals surface area contributed by atoms with E-state index in [1.807, 2.05) is 0 Å². The van der Waals surface area contributed by atoms with Crippen LogP contribution in [-0.2, 0) is 4.79 Å². The van der Waals surface area contributed by atoms with Crippen molar-refractivity contribution in [2.24, 2.45) is 0 Å². The summed E-state index contributed by atoms with van der Waals surface area (Å²) in [6, 6.07) is 5.18. The first kappa shape index (κ1) is 15.1. The van der Waals surface area contributed by atoms with Crippen LogP contribution >= 0.6 is 46.3 Å². The maximum absolute atomic E-state index is 11.9. The van der Waals surface area contributed by atoms with Gasteiger partial charge in [-0.3, -0.25) is 10.1 Å². The third-order valence-electron chi connectivity index (χ3n) is 2.87. The van der Waals surface area contributed by atoms with Gasteiger partial charge in [0.05, 0.1) is 10.8 Å². The minimum atomic E-state index is -0.130. The van der Waals surface area contributed by atoms with Gasteiger partial charge in [-0.15, -0.1) is 22.0 Å². The molecule has 4 nitrogen and oxygen atoms in total. The number of thioether (sulfide) groups is 1. The van der Waals surface area contributed by atoms with Crippen molar-refractivity contribution >= 4 is 57.3 Å². The number of aromatic nitrogens is 2. The predicted molar refractivity (Wildman–Crippen MR) is 87.7 cm³/mol. The van der Waals surface area contributed by atoms with Gasteiger partial charge < -0.3 is 0 Å². The Morgan fingerprint density at radius 1 is 1.38 bits per heavy atom. The third kappa shape index (κ3) is 4.10. The molecule has 8 heteroatoms. The van der Waals surface area contributed by atoms with Gasteiger partial charge in [0, 0.05) is 15.8 Å². The second kappa shape index (κ2) is 6.52. The van der Waals surface area contributed by atoms with Crippen LogP contribution in [0.3, 0.4) is 0 Å². The van der Waals surface area contributed by atoms with E-state index in [4.69, 9.17) is 23.2 Å². The number of halogens is 2. The molecule has 0 atom stereocenters. The summed E-state index contributed by atoms with van der Waals surface area (Å²) in [6.45, 7) is 0. The van der Waals surface area contributed by atoms with Crippen LogP contribution in [0.4, 0.5) is 5.13 Å². The van der Waals surface area contributed by atoms with Crippen LogP contribution in [0.1, 0.15) is 23.8 Å². The molecule has 0 unspecified atom stereocenters. The molecule has 0 radical (unpaired) electrons. The van der Waals surface area contributed by atoms with Crippen LogP contribution < -0.4 is 5.32 Å². The number of hydrogen-bond donors (Lipinski definition) is 1. The minimum absolute atomic E-state index is 0.130. The first-order chi connectivity index (χ1) is 10.1. The number of benzene rings is 1. The molecule has 2 aromatic rings. The van der Waals surface area contributed by atoms with Crippen molar-refractivity contribution in [3.8, 4) is 0 Å². The highest BCUT2D eigenvalue weighted by Crippen LogP contribution is 2.42. The topological polar surface area (TPSA) is 54.9 Å². The molecular formula is C13H11Cl2N3OS2. The molecule has 1 amide bonds. The van der Waals surface area contributed by atoms with E-state index in [9.17, 15) is 4.79 Å². The lowest BCUT2D eigenvalue weighted by molar-refractivity contribution is -0.113. The largest absolute Gasteiger partial charge is 0.300 e. The molecule has 1 saturated carbocycles. The van der Waals surface area contributed by atoms with Crippen LogP contribution in [0.5, 0.6) is 0 Å². The first-order valence-electron chi connectivity index (χ1n) is 6.33. The number of hydrogen-bond acceptors (Lipinski definition) is 5. The van der Waals surface area contributed by atoms with Crippen molar-refractivity contribution in [2.45, 2.75) is 23.7 Å². The average Bonchev–Trinajstić information content (AvgIpc) is 3.21. The Morgan fingerprint density at radius 3 is 2.95 bits per heavy atom. The fraction of sp³-hybridized carbons (Fsp3) is 0.308. The lowest BCUT2D eigenvalue weighted by Gasteiger charge is -2.04. The van der Waals surface area contributed by atoms with Gasteiger partial charge >= 0.3 is 0 Å². The molecule has 1 heterocycles. The number of carbonyl (C=O) groups excluding carboxylic acids is 1. The van der Waals surface area contributed by atoms with Crippen molar-refractivity contribution in [2.75, 3.05) is 11.1 Å². The Bertz CT molecular complexity index is 673. The number of nitrogens with zero attached hydrogens (tertiary/aromatic N) is 2. The highest BCUT2D eigenvalue weighted by atomic mass is 35.5. The van der Waals surface area contributed by atoms with Gasteiger partial charge in [0.1, 0.15) is 5.01 Å². The molecule has 1 fully saturated rings. The molecule has 3 rings (SSSR count). The van der Waals surface area contributed by atoms with E-state index in [1.54, 1.807) is 18.2 Å². The molecule has 1 aromatic carbocycles. The molecule has 1 aliphatic carbocycles. The summed E-state index contributed by atoms with van der Waals surface area (Å²) in [5, 5.41) is 13.6. The number of nitrogens with one attached hydrogen (secondary N) is 1. The normalized spacial score (nSPS) is 14.2. The first-order valence-corrected chi connectivity index (χ1v) is 8.89. The molecule has 110 valence electrons. The predicted octanol–water partition coefficient (Wildman–Crippen LogP) is 4.45. The number of amides is 1. The summed E-state index contributed by atoms with van der Waals surface area (Å²) in [7, 11) is 0. The van der Waals surface area contributed by atoms with E-state index in [0.717, 1.165) is 9.90 Å². The molecule has 1 aliphatic rings. The monoisotopic (exact) mass is 359 g/mol. The number of rotatable bonds is 5. The van der Waals surface area contributed by atoms with E-state index < -0.39 is 0 Å². The van der Waals surface area contributed by atoms with Gasteiger partial charge in [0.25, 0.3) is 0 Å². The van der Waals surface area contributed by atoms with Gasteiger partial charge in [0.15, 0.2) is 0 Å². The van der Waals surface area contributed by atoms with Crippen LogP contribution in [0, 0.1) is 0 Å². The minimum Gasteiger partial charge on any atom is -0.300 e. The fourth-order valence-corrected chi connectivity index (χ4v) is 3.89. The number of carbonyl (C=O) groups is 1. The maximum Gasteiger partial charge on any atom is 0.236 e. The highest BCUT2D eigenvalue weighted by Gasteiger charge is 2.27. The quantitative estimate of drug-likeness (QED) is 0.801. The molecular weight excluding hydrogens is 349 g/mol. The van der Waals surface area contributed by atoms with Crippen molar-refractivity contribution in [3.63, 3.8) is 0 Å². The summed E-state index contributed by atoms with van der Waals surface area (Å²) >= 11 is 14.8. The van der Waals surface area contributed by atoms with E-state index >= 15 is 0 Å². The zero-order chi connectivity index (χ0) is 14.8. The van der Waals surface area contributed by atoms with E-state index in [2.05, 4.69) is 15.5 Å². The van der Waals surface area contributed by atoms with Crippen molar-refractivity contribution in [3.05, 3.63) is 33.3 Å². The van der Waals surface area contributed by atoms with Gasteiger partial charge in [0.2, 0.25) is 11.0 Å². The Morgan fingerprint density at radius 2 is 2.19 bits per heavy atom. The summed E-state index contributed by atoms with van der Waals surface area (Å²) < 4.78 is 0. The third-order valence-corrected chi connectivity index (χ3v) is 5.60. The number of anilines is 1. The molecule has 0 spiro atoms. The van der Waals surface area contributed by atoms with Gasteiger partial charge in [-0.05, 0) is 31.0 Å². The van der Waals surface area contributed by atoms with Crippen LogP contribution in [0.25, 0.3) is 0 Å². The van der Waals surface area contributed by atoms with E-state index in [1.165, 1.54) is 35.9 Å². The zero-order valence-corrected chi connectivity index (χ0v) is 14.0. The smallest absolute Gasteiger partial charge is 0.236 e. The standard InChI is InChI=1S/C13H11Cl2N3OS2/c14-8-3-4-9(15)10(5-8)20-6-11(19)16-13-18-17-12(21-13)7-1-2-7/h3-5,7H,1-2,6H2,(H,16,18,19). The Kier molecular flexibility index (Phi) is 4.69. The van der Waals surface area contributed by atoms with Crippen LogP contribution in [0.2, 0.25) is 10.0 Å². The van der Waals surface area contributed by atoms with Crippen molar-refractivity contribution in [1.29, 1.82) is 0 Å². The molecule has 0 saturated heterocycles. The highest BCUT2D eigenvalue weighted by molar-refractivity contribution is 8.00. The van der Waals surface area contributed by atoms with Crippen LogP contribution in [0.15, 0.2) is 23.1 Å². The van der Waals surface area contributed by atoms with Crippen molar-refractivity contribution in [1.82, 2.24) is 10.2 Å². The van der Waals surface area contributed by atoms with E-state index in [0.29, 0.717) is 21.1 Å². The Labute approximate surface area is 140 Å². The van der Waals surface area contributed by atoms with E-state index in [-0.39, 0.29) is 11.7 Å². The Hall–Kier alpha value is -0.820. The van der Waals surface area contributed by atoms with Crippen LogP contribution in [-0.4, -0.2) is 21.9 Å². The molecule has 1 aromatic heterocycles. The fourth-order valence-electron chi connectivity index (χ4n) is 1.67.